The summed E-state index contributed by atoms with van der Waals surface area (Å²) in [5, 5.41) is 0. The van der Waals surface area contributed by atoms with Crippen LogP contribution in [-0.4, -0.2) is 4.21 Å². The third kappa shape index (κ3) is 2.61. The molecule has 94 valence electrons. The van der Waals surface area contributed by atoms with Crippen LogP contribution in [0.5, 0.6) is 0 Å². The summed E-state index contributed by atoms with van der Waals surface area (Å²) in [6, 6.07) is 8.86. The van der Waals surface area contributed by atoms with Crippen molar-refractivity contribution in [3.8, 4) is 0 Å². The van der Waals surface area contributed by atoms with Crippen molar-refractivity contribution in [2.45, 2.75) is 10.6 Å². The first-order chi connectivity index (χ1) is 8.59. The van der Waals surface area contributed by atoms with Crippen LogP contribution in [0.3, 0.4) is 0 Å². The van der Waals surface area contributed by atoms with E-state index in [0.29, 0.717) is 0 Å². The molecule has 18 heavy (non-hydrogen) atoms. The van der Waals surface area contributed by atoms with Crippen LogP contribution in [0.15, 0.2) is 47.4 Å². The number of benzene rings is 2. The van der Waals surface area contributed by atoms with E-state index in [9.17, 15) is 17.4 Å². The molecule has 0 aliphatic heterocycles. The van der Waals surface area contributed by atoms with E-state index in [4.69, 9.17) is 0 Å². The topological polar surface area (TPSA) is 17.1 Å². The van der Waals surface area contributed by atoms with Crippen LogP contribution in [0.25, 0.3) is 0 Å². The normalized spacial score (nSPS) is 12.4. The summed E-state index contributed by atoms with van der Waals surface area (Å²) in [5.41, 5.74) is -0.293. The second kappa shape index (κ2) is 5.35. The van der Waals surface area contributed by atoms with Crippen molar-refractivity contribution in [3.05, 3.63) is 65.5 Å². The highest BCUT2D eigenvalue weighted by Gasteiger charge is 2.15. The first-order valence-corrected chi connectivity index (χ1v) is 6.47. The van der Waals surface area contributed by atoms with E-state index in [1.807, 2.05) is 0 Å². The first kappa shape index (κ1) is 12.8. The molecule has 0 bridgehead atoms. The van der Waals surface area contributed by atoms with Gasteiger partial charge in [-0.1, -0.05) is 18.2 Å². The van der Waals surface area contributed by atoms with Gasteiger partial charge in [-0.15, -0.1) is 0 Å². The summed E-state index contributed by atoms with van der Waals surface area (Å²) in [4.78, 5) is -0.0554. The Morgan fingerprint density at radius 3 is 2.00 bits per heavy atom. The smallest absolute Gasteiger partial charge is 0.139 e. The molecule has 0 aliphatic rings. The largest absolute Gasteiger partial charge is 0.254 e. The molecule has 2 aromatic carbocycles. The fraction of sp³-hybridized carbons (Fsp3) is 0.0769. The minimum atomic E-state index is -1.82. The molecule has 1 unspecified atom stereocenters. The zero-order valence-electron chi connectivity index (χ0n) is 9.20. The highest BCUT2D eigenvalue weighted by atomic mass is 32.2. The molecule has 0 spiro atoms. The van der Waals surface area contributed by atoms with E-state index in [1.165, 1.54) is 24.3 Å². The molecule has 0 N–H and O–H groups in total. The zero-order valence-corrected chi connectivity index (χ0v) is 10.0. The van der Waals surface area contributed by atoms with Crippen molar-refractivity contribution in [1.82, 2.24) is 0 Å². The third-order valence-corrected chi connectivity index (χ3v) is 3.79. The maximum atomic E-state index is 13.4. The Bertz CT molecular complexity index is 578. The Hall–Kier alpha value is -1.62. The average Bonchev–Trinajstić information content (AvgIpc) is 2.34. The molecule has 2 rings (SSSR count). The average molecular weight is 270 g/mol. The van der Waals surface area contributed by atoms with Gasteiger partial charge in [0.15, 0.2) is 0 Å². The van der Waals surface area contributed by atoms with Crippen molar-refractivity contribution < 1.29 is 17.4 Å². The molecular formula is C13H9F3OS. The SMILES string of the molecule is O=S(Cc1c(F)cccc1F)c1ccccc1F. The van der Waals surface area contributed by atoms with Gasteiger partial charge in [0, 0.05) is 5.56 Å². The Kier molecular flexibility index (Phi) is 3.81. The van der Waals surface area contributed by atoms with Gasteiger partial charge in [0.25, 0.3) is 0 Å². The molecular weight excluding hydrogens is 261 g/mol. The van der Waals surface area contributed by atoms with Gasteiger partial charge in [0.05, 0.1) is 21.4 Å². The summed E-state index contributed by atoms with van der Waals surface area (Å²) >= 11 is 0. The number of hydrogen-bond acceptors (Lipinski definition) is 1. The standard InChI is InChI=1S/C13H9F3OS/c14-10-5-3-6-11(15)9(10)8-18(17)13-7-2-1-4-12(13)16/h1-7H,8H2. The maximum absolute atomic E-state index is 13.4. The lowest BCUT2D eigenvalue weighted by Gasteiger charge is -2.06. The fourth-order valence-electron chi connectivity index (χ4n) is 1.51. The van der Waals surface area contributed by atoms with Gasteiger partial charge in [-0.05, 0) is 24.3 Å². The Labute approximate surface area is 105 Å². The first-order valence-electron chi connectivity index (χ1n) is 5.15. The molecule has 1 atom stereocenters. The van der Waals surface area contributed by atoms with Gasteiger partial charge in [-0.3, -0.25) is 4.21 Å². The highest BCUT2D eigenvalue weighted by molar-refractivity contribution is 7.84. The van der Waals surface area contributed by atoms with Gasteiger partial charge >= 0.3 is 0 Å². The predicted molar refractivity (Wildman–Crippen MR) is 62.9 cm³/mol. The lowest BCUT2D eigenvalue weighted by atomic mass is 10.2. The van der Waals surface area contributed by atoms with Crippen LogP contribution >= 0.6 is 0 Å². The van der Waals surface area contributed by atoms with Gasteiger partial charge < -0.3 is 0 Å². The summed E-state index contributed by atoms with van der Waals surface area (Å²) in [7, 11) is -1.82. The van der Waals surface area contributed by atoms with Gasteiger partial charge in [0.1, 0.15) is 17.5 Å². The zero-order chi connectivity index (χ0) is 13.1. The summed E-state index contributed by atoms with van der Waals surface area (Å²) in [5.74, 6) is -2.59. The maximum Gasteiger partial charge on any atom is 0.139 e. The van der Waals surface area contributed by atoms with Crippen molar-refractivity contribution in [2.24, 2.45) is 0 Å². The molecule has 2 aromatic rings. The van der Waals surface area contributed by atoms with Crippen molar-refractivity contribution in [2.75, 3.05) is 0 Å². The number of rotatable bonds is 3. The van der Waals surface area contributed by atoms with Crippen LogP contribution in [-0.2, 0) is 16.6 Å². The van der Waals surface area contributed by atoms with Crippen molar-refractivity contribution in [1.29, 1.82) is 0 Å². The molecule has 0 heterocycles. The van der Waals surface area contributed by atoms with E-state index in [2.05, 4.69) is 0 Å². The van der Waals surface area contributed by atoms with Gasteiger partial charge in [-0.2, -0.15) is 0 Å². The third-order valence-electron chi connectivity index (χ3n) is 2.42. The van der Waals surface area contributed by atoms with Crippen LogP contribution in [0, 0.1) is 17.5 Å². The van der Waals surface area contributed by atoms with Crippen LogP contribution in [0.2, 0.25) is 0 Å². The van der Waals surface area contributed by atoms with Crippen molar-refractivity contribution in [3.63, 3.8) is 0 Å². The molecule has 5 heteroatoms. The van der Waals surface area contributed by atoms with E-state index in [0.717, 1.165) is 18.2 Å². The second-order valence-electron chi connectivity index (χ2n) is 3.62. The summed E-state index contributed by atoms with van der Waals surface area (Å²) in [6.07, 6.45) is 0. The second-order valence-corrected chi connectivity index (χ2v) is 5.04. The highest BCUT2D eigenvalue weighted by Crippen LogP contribution is 2.19. The summed E-state index contributed by atoms with van der Waals surface area (Å²) in [6.45, 7) is 0. The monoisotopic (exact) mass is 270 g/mol. The van der Waals surface area contributed by atoms with E-state index < -0.39 is 28.3 Å². The molecule has 0 aromatic heterocycles. The molecule has 0 aliphatic carbocycles. The Morgan fingerprint density at radius 2 is 1.39 bits per heavy atom. The van der Waals surface area contributed by atoms with Crippen molar-refractivity contribution >= 4 is 10.8 Å². The minimum absolute atomic E-state index is 0.0554. The van der Waals surface area contributed by atoms with Crippen LogP contribution in [0.4, 0.5) is 13.2 Å². The van der Waals surface area contributed by atoms with Crippen LogP contribution in [0.1, 0.15) is 5.56 Å². The lowest BCUT2D eigenvalue weighted by molar-refractivity contribution is 0.563. The molecule has 0 radical (unpaired) electrons. The Balaban J connectivity index is 2.30. The van der Waals surface area contributed by atoms with Gasteiger partial charge in [-0.25, -0.2) is 13.2 Å². The predicted octanol–water partition coefficient (Wildman–Crippen LogP) is 3.41. The quantitative estimate of drug-likeness (QED) is 0.835. The molecule has 0 fully saturated rings. The fourth-order valence-corrected chi connectivity index (χ4v) is 2.72. The molecule has 0 saturated heterocycles. The number of hydrogen-bond donors (Lipinski definition) is 0. The van der Waals surface area contributed by atoms with E-state index >= 15 is 0 Å². The number of halogens is 3. The van der Waals surface area contributed by atoms with E-state index in [-0.39, 0.29) is 16.2 Å². The van der Waals surface area contributed by atoms with Gasteiger partial charge in [0.2, 0.25) is 0 Å². The minimum Gasteiger partial charge on any atom is -0.254 e. The summed E-state index contributed by atoms with van der Waals surface area (Å²) < 4.78 is 52.0. The molecule has 0 amide bonds. The Morgan fingerprint density at radius 1 is 0.833 bits per heavy atom. The molecule has 0 saturated carbocycles. The lowest BCUT2D eigenvalue weighted by Crippen LogP contribution is -2.03. The molecule has 1 nitrogen and oxygen atoms in total. The van der Waals surface area contributed by atoms with E-state index in [1.54, 1.807) is 0 Å². The van der Waals surface area contributed by atoms with Crippen LogP contribution < -0.4 is 0 Å².